The summed E-state index contributed by atoms with van der Waals surface area (Å²) in [6.07, 6.45) is 0.943. The number of rotatable bonds is 3. The summed E-state index contributed by atoms with van der Waals surface area (Å²) in [5, 5.41) is 8.62. The first-order valence-electron chi connectivity index (χ1n) is 4.47. The van der Waals surface area contributed by atoms with Crippen molar-refractivity contribution in [1.29, 1.82) is 0 Å². The third-order valence-electron chi connectivity index (χ3n) is 1.95. The van der Waals surface area contributed by atoms with Crippen molar-refractivity contribution in [1.82, 2.24) is 4.98 Å². The smallest absolute Gasteiger partial charge is 0.357 e. The van der Waals surface area contributed by atoms with E-state index in [1.54, 1.807) is 30.3 Å². The summed E-state index contributed by atoms with van der Waals surface area (Å²) >= 11 is 0. The van der Waals surface area contributed by atoms with Crippen LogP contribution < -0.4 is 0 Å². The molecule has 0 unspecified atom stereocenters. The SMILES string of the molecule is O=C(O)c1coc(C(=O)c2ccccc2)n1. The molecule has 16 heavy (non-hydrogen) atoms. The van der Waals surface area contributed by atoms with Crippen LogP contribution in [0.25, 0.3) is 0 Å². The molecular weight excluding hydrogens is 210 g/mol. The number of carbonyl (C=O) groups is 2. The number of carbonyl (C=O) groups excluding carboxylic acids is 1. The van der Waals surface area contributed by atoms with Crippen LogP contribution in [-0.4, -0.2) is 21.8 Å². The molecule has 80 valence electrons. The average Bonchev–Trinajstić information content (AvgIpc) is 2.78. The van der Waals surface area contributed by atoms with Crippen LogP contribution in [0.15, 0.2) is 41.0 Å². The predicted molar refractivity (Wildman–Crippen MR) is 53.3 cm³/mol. The van der Waals surface area contributed by atoms with Crippen molar-refractivity contribution in [2.75, 3.05) is 0 Å². The van der Waals surface area contributed by atoms with Gasteiger partial charge in [0.1, 0.15) is 6.26 Å². The maximum atomic E-state index is 11.7. The summed E-state index contributed by atoms with van der Waals surface area (Å²) < 4.78 is 4.80. The van der Waals surface area contributed by atoms with E-state index >= 15 is 0 Å². The second-order valence-corrected chi connectivity index (χ2v) is 3.04. The van der Waals surface area contributed by atoms with E-state index in [4.69, 9.17) is 9.52 Å². The van der Waals surface area contributed by atoms with Crippen LogP contribution in [0.4, 0.5) is 0 Å². The normalized spacial score (nSPS) is 10.0. The lowest BCUT2D eigenvalue weighted by molar-refractivity contribution is 0.0690. The molecule has 5 heteroatoms. The van der Waals surface area contributed by atoms with E-state index < -0.39 is 11.8 Å². The minimum Gasteiger partial charge on any atom is -0.476 e. The Labute approximate surface area is 90.3 Å². The van der Waals surface area contributed by atoms with Gasteiger partial charge in [0.15, 0.2) is 5.69 Å². The molecule has 0 saturated heterocycles. The van der Waals surface area contributed by atoms with Crippen LogP contribution in [0.1, 0.15) is 26.7 Å². The highest BCUT2D eigenvalue weighted by Gasteiger charge is 2.17. The summed E-state index contributed by atoms with van der Waals surface area (Å²) in [5.74, 6) is -1.88. The van der Waals surface area contributed by atoms with Gasteiger partial charge in [-0.25, -0.2) is 4.79 Å². The number of benzene rings is 1. The van der Waals surface area contributed by atoms with Crippen molar-refractivity contribution < 1.29 is 19.1 Å². The topological polar surface area (TPSA) is 80.4 Å². The third kappa shape index (κ3) is 1.83. The fourth-order valence-electron chi connectivity index (χ4n) is 1.19. The fraction of sp³-hybridized carbons (Fsp3) is 0. The first-order chi connectivity index (χ1) is 7.68. The van der Waals surface area contributed by atoms with Gasteiger partial charge in [-0.05, 0) is 0 Å². The van der Waals surface area contributed by atoms with Gasteiger partial charge >= 0.3 is 5.97 Å². The highest BCUT2D eigenvalue weighted by Crippen LogP contribution is 2.09. The van der Waals surface area contributed by atoms with Crippen LogP contribution in [0.3, 0.4) is 0 Å². The average molecular weight is 217 g/mol. The van der Waals surface area contributed by atoms with Gasteiger partial charge in [-0.1, -0.05) is 30.3 Å². The van der Waals surface area contributed by atoms with E-state index in [1.807, 2.05) is 0 Å². The van der Waals surface area contributed by atoms with E-state index in [0.717, 1.165) is 6.26 Å². The van der Waals surface area contributed by atoms with Gasteiger partial charge in [0, 0.05) is 5.56 Å². The van der Waals surface area contributed by atoms with Crippen LogP contribution >= 0.6 is 0 Å². The lowest BCUT2D eigenvalue weighted by Gasteiger charge is -1.94. The molecule has 0 aliphatic rings. The van der Waals surface area contributed by atoms with Crippen molar-refractivity contribution in [3.8, 4) is 0 Å². The lowest BCUT2D eigenvalue weighted by atomic mass is 10.1. The molecule has 0 bridgehead atoms. The van der Waals surface area contributed by atoms with Crippen molar-refractivity contribution in [3.05, 3.63) is 53.7 Å². The molecule has 1 N–H and O–H groups in total. The molecule has 0 atom stereocenters. The van der Waals surface area contributed by atoms with Crippen molar-refractivity contribution in [3.63, 3.8) is 0 Å². The Morgan fingerprint density at radius 3 is 2.44 bits per heavy atom. The molecule has 0 radical (unpaired) electrons. The Morgan fingerprint density at radius 1 is 1.19 bits per heavy atom. The van der Waals surface area contributed by atoms with Crippen molar-refractivity contribution in [2.24, 2.45) is 0 Å². The number of carboxylic acid groups (broad SMARTS) is 1. The molecule has 0 aliphatic carbocycles. The lowest BCUT2D eigenvalue weighted by Crippen LogP contribution is -2.03. The molecular formula is C11H7NO4. The number of aromatic nitrogens is 1. The molecule has 0 aliphatic heterocycles. The molecule has 0 fully saturated rings. The van der Waals surface area contributed by atoms with E-state index in [0.29, 0.717) is 5.56 Å². The Hall–Kier alpha value is -2.43. The second-order valence-electron chi connectivity index (χ2n) is 3.04. The minimum atomic E-state index is -1.23. The number of oxazole rings is 1. The maximum Gasteiger partial charge on any atom is 0.357 e. The molecule has 1 heterocycles. The van der Waals surface area contributed by atoms with Gasteiger partial charge in [-0.2, -0.15) is 4.98 Å². The zero-order chi connectivity index (χ0) is 11.5. The summed E-state index contributed by atoms with van der Waals surface area (Å²) in [6, 6.07) is 8.39. The maximum absolute atomic E-state index is 11.7. The number of hydrogen-bond acceptors (Lipinski definition) is 4. The van der Waals surface area contributed by atoms with E-state index in [1.165, 1.54) is 0 Å². The number of carboxylic acids is 1. The number of hydrogen-bond donors (Lipinski definition) is 1. The van der Waals surface area contributed by atoms with Crippen LogP contribution in [0.5, 0.6) is 0 Å². The first-order valence-corrected chi connectivity index (χ1v) is 4.47. The van der Waals surface area contributed by atoms with Crippen molar-refractivity contribution >= 4 is 11.8 Å². The molecule has 1 aromatic carbocycles. The molecule has 0 spiro atoms. The largest absolute Gasteiger partial charge is 0.476 e. The highest BCUT2D eigenvalue weighted by molar-refractivity contribution is 6.06. The summed E-state index contributed by atoms with van der Waals surface area (Å²) in [5.41, 5.74) is 0.126. The van der Waals surface area contributed by atoms with Gasteiger partial charge < -0.3 is 9.52 Å². The van der Waals surface area contributed by atoms with E-state index in [-0.39, 0.29) is 11.6 Å². The summed E-state index contributed by atoms with van der Waals surface area (Å²) in [6.45, 7) is 0. The van der Waals surface area contributed by atoms with Gasteiger partial charge in [0.05, 0.1) is 0 Å². The quantitative estimate of drug-likeness (QED) is 0.790. The zero-order valence-corrected chi connectivity index (χ0v) is 8.08. The highest BCUT2D eigenvalue weighted by atomic mass is 16.4. The first kappa shape index (κ1) is 10.1. The molecule has 5 nitrogen and oxygen atoms in total. The molecule has 2 rings (SSSR count). The monoisotopic (exact) mass is 217 g/mol. The van der Waals surface area contributed by atoms with Gasteiger partial charge in [-0.3, -0.25) is 4.79 Å². The molecule has 0 saturated carbocycles. The molecule has 0 amide bonds. The standard InChI is InChI=1S/C11H7NO4/c13-9(7-4-2-1-3-5-7)10-12-8(6-16-10)11(14)15/h1-6H,(H,14,15). The van der Waals surface area contributed by atoms with Gasteiger partial charge in [0.25, 0.3) is 5.89 Å². The number of ketones is 1. The van der Waals surface area contributed by atoms with E-state index in [2.05, 4.69) is 4.98 Å². The Balaban J connectivity index is 2.31. The Morgan fingerprint density at radius 2 is 1.88 bits per heavy atom. The number of nitrogens with zero attached hydrogens (tertiary/aromatic N) is 1. The minimum absolute atomic E-state index is 0.219. The van der Waals surface area contributed by atoms with E-state index in [9.17, 15) is 9.59 Å². The van der Waals surface area contributed by atoms with Gasteiger partial charge in [-0.15, -0.1) is 0 Å². The predicted octanol–water partition coefficient (Wildman–Crippen LogP) is 1.60. The van der Waals surface area contributed by atoms with Crippen LogP contribution in [0.2, 0.25) is 0 Å². The Kier molecular flexibility index (Phi) is 2.51. The van der Waals surface area contributed by atoms with Crippen LogP contribution in [-0.2, 0) is 0 Å². The molecule has 2 aromatic rings. The van der Waals surface area contributed by atoms with Crippen molar-refractivity contribution in [2.45, 2.75) is 0 Å². The second kappa shape index (κ2) is 3.98. The summed E-state index contributed by atoms with van der Waals surface area (Å²) in [4.78, 5) is 25.8. The van der Waals surface area contributed by atoms with Gasteiger partial charge in [0.2, 0.25) is 5.78 Å². The zero-order valence-electron chi connectivity index (χ0n) is 8.08. The van der Waals surface area contributed by atoms with Crippen LogP contribution in [0, 0.1) is 0 Å². The third-order valence-corrected chi connectivity index (χ3v) is 1.95. The summed E-state index contributed by atoms with van der Waals surface area (Å²) in [7, 11) is 0. The fourth-order valence-corrected chi connectivity index (χ4v) is 1.19. The number of aromatic carboxylic acids is 1. The Bertz CT molecular complexity index is 530. The molecule has 1 aromatic heterocycles.